The van der Waals surface area contributed by atoms with Crippen LogP contribution in [0.2, 0.25) is 0 Å². The molecule has 1 unspecified atom stereocenters. The Kier molecular flexibility index (Phi) is 2.51. The van der Waals surface area contributed by atoms with Gasteiger partial charge in [0.15, 0.2) is 0 Å². The van der Waals surface area contributed by atoms with Gasteiger partial charge in [-0.2, -0.15) is 0 Å². The van der Waals surface area contributed by atoms with Gasteiger partial charge in [-0.3, -0.25) is 4.79 Å². The molecule has 1 aromatic carbocycles. The highest BCUT2D eigenvalue weighted by Gasteiger charge is 2.27. The zero-order valence-electron chi connectivity index (χ0n) is 10.4. The van der Waals surface area contributed by atoms with Gasteiger partial charge in [-0.15, -0.1) is 0 Å². The van der Waals surface area contributed by atoms with Crippen molar-refractivity contribution in [3.63, 3.8) is 0 Å². The van der Waals surface area contributed by atoms with Crippen molar-refractivity contribution in [2.24, 2.45) is 0 Å². The second-order valence-electron chi connectivity index (χ2n) is 4.67. The maximum atomic E-state index is 11.4. The summed E-state index contributed by atoms with van der Waals surface area (Å²) < 4.78 is 1.86. The molecule has 3 rings (SSSR count). The number of carboxylic acids is 1. The Balaban J connectivity index is 2.25. The van der Waals surface area contributed by atoms with Gasteiger partial charge in [-0.25, -0.2) is 9.78 Å². The van der Waals surface area contributed by atoms with Crippen molar-refractivity contribution in [1.29, 1.82) is 0 Å². The van der Waals surface area contributed by atoms with Crippen molar-refractivity contribution in [2.75, 3.05) is 6.54 Å². The Bertz CT molecular complexity index is 690. The number of rotatable bonds is 2. The van der Waals surface area contributed by atoms with Gasteiger partial charge in [0.2, 0.25) is 5.91 Å². The number of carboxylic acid groups (broad SMARTS) is 1. The van der Waals surface area contributed by atoms with E-state index in [9.17, 15) is 14.7 Å². The van der Waals surface area contributed by atoms with Crippen molar-refractivity contribution in [3.05, 3.63) is 29.6 Å². The van der Waals surface area contributed by atoms with Gasteiger partial charge < -0.3 is 15.0 Å². The van der Waals surface area contributed by atoms with E-state index in [2.05, 4.69) is 10.3 Å². The molecule has 2 aromatic rings. The first-order valence-electron chi connectivity index (χ1n) is 6.05. The predicted octanol–water partition coefficient (Wildman–Crippen LogP) is 1.10. The number of aromatic nitrogens is 2. The van der Waals surface area contributed by atoms with Gasteiger partial charge in [-0.05, 0) is 19.1 Å². The minimum atomic E-state index is -0.982. The normalized spacial score (nSPS) is 18.8. The van der Waals surface area contributed by atoms with Crippen molar-refractivity contribution < 1.29 is 14.7 Å². The summed E-state index contributed by atoms with van der Waals surface area (Å²) in [5.41, 5.74) is 1.46. The zero-order valence-corrected chi connectivity index (χ0v) is 10.4. The molecule has 1 saturated heterocycles. The van der Waals surface area contributed by atoms with Crippen LogP contribution in [0.25, 0.3) is 11.0 Å². The summed E-state index contributed by atoms with van der Waals surface area (Å²) in [6.07, 6.45) is 0.361. The Hall–Kier alpha value is -2.37. The minimum Gasteiger partial charge on any atom is -0.478 e. The molecule has 2 heterocycles. The Morgan fingerprint density at radius 1 is 1.53 bits per heavy atom. The number of hydrogen-bond donors (Lipinski definition) is 2. The Labute approximate surface area is 109 Å². The second kappa shape index (κ2) is 4.08. The summed E-state index contributed by atoms with van der Waals surface area (Å²) >= 11 is 0. The van der Waals surface area contributed by atoms with Crippen molar-refractivity contribution in [1.82, 2.24) is 14.9 Å². The molecule has 0 radical (unpaired) electrons. The molecule has 1 aromatic heterocycles. The fourth-order valence-corrected chi connectivity index (χ4v) is 2.66. The van der Waals surface area contributed by atoms with E-state index in [0.717, 1.165) is 5.82 Å². The summed E-state index contributed by atoms with van der Waals surface area (Å²) in [7, 11) is 0. The maximum Gasteiger partial charge on any atom is 0.337 e. The van der Waals surface area contributed by atoms with Crippen LogP contribution in [0.3, 0.4) is 0 Å². The molecule has 98 valence electrons. The summed E-state index contributed by atoms with van der Waals surface area (Å²) in [5.74, 6) is -0.270. The molecule has 1 aliphatic heterocycles. The number of carbonyl (C=O) groups excluding carboxylic acids is 1. The molecular weight excluding hydrogens is 246 g/mol. The number of amides is 1. The molecule has 1 aliphatic rings. The first-order valence-corrected chi connectivity index (χ1v) is 6.05. The molecule has 0 saturated carbocycles. The van der Waals surface area contributed by atoms with E-state index < -0.39 is 5.97 Å². The van der Waals surface area contributed by atoms with E-state index in [0.29, 0.717) is 24.0 Å². The number of nitrogens with one attached hydrogen (secondary N) is 1. The number of carbonyl (C=O) groups is 2. The minimum absolute atomic E-state index is 0.0148. The van der Waals surface area contributed by atoms with Crippen molar-refractivity contribution in [3.8, 4) is 0 Å². The SMILES string of the molecule is Cc1nc2cccc(C(=O)O)c2n1C1CNC(=O)C1. The maximum absolute atomic E-state index is 11.4. The highest BCUT2D eigenvalue weighted by Crippen LogP contribution is 2.27. The van der Waals surface area contributed by atoms with E-state index in [1.807, 2.05) is 11.5 Å². The van der Waals surface area contributed by atoms with Gasteiger partial charge >= 0.3 is 5.97 Å². The van der Waals surface area contributed by atoms with E-state index in [-0.39, 0.29) is 17.5 Å². The average molecular weight is 259 g/mol. The molecule has 1 amide bonds. The smallest absolute Gasteiger partial charge is 0.337 e. The van der Waals surface area contributed by atoms with Crippen LogP contribution in [-0.4, -0.2) is 33.1 Å². The number of para-hydroxylation sites is 1. The van der Waals surface area contributed by atoms with Crippen LogP contribution in [0.1, 0.15) is 28.6 Å². The number of benzene rings is 1. The van der Waals surface area contributed by atoms with E-state index >= 15 is 0 Å². The lowest BCUT2D eigenvalue weighted by Crippen LogP contribution is -2.16. The highest BCUT2D eigenvalue weighted by molar-refractivity contribution is 6.01. The zero-order chi connectivity index (χ0) is 13.6. The van der Waals surface area contributed by atoms with Gasteiger partial charge in [-0.1, -0.05) is 6.07 Å². The predicted molar refractivity (Wildman–Crippen MR) is 68.1 cm³/mol. The summed E-state index contributed by atoms with van der Waals surface area (Å²) in [6.45, 7) is 2.34. The average Bonchev–Trinajstić information content (AvgIpc) is 2.90. The van der Waals surface area contributed by atoms with Gasteiger partial charge in [0.1, 0.15) is 5.82 Å². The van der Waals surface area contributed by atoms with Crippen LogP contribution in [0.15, 0.2) is 18.2 Å². The molecule has 19 heavy (non-hydrogen) atoms. The Morgan fingerprint density at radius 3 is 2.95 bits per heavy atom. The lowest BCUT2D eigenvalue weighted by Gasteiger charge is -2.14. The molecule has 6 heteroatoms. The molecular formula is C13H13N3O3. The monoisotopic (exact) mass is 259 g/mol. The number of imidazole rings is 1. The van der Waals surface area contributed by atoms with Crippen LogP contribution < -0.4 is 5.32 Å². The number of nitrogens with zero attached hydrogens (tertiary/aromatic N) is 2. The third-order valence-corrected chi connectivity index (χ3v) is 3.44. The summed E-state index contributed by atoms with van der Waals surface area (Å²) in [6, 6.07) is 4.96. The third-order valence-electron chi connectivity index (χ3n) is 3.44. The van der Waals surface area contributed by atoms with Crippen LogP contribution in [-0.2, 0) is 4.79 Å². The standard InChI is InChI=1S/C13H13N3O3/c1-7-15-10-4-2-3-9(13(18)19)12(10)16(7)8-5-11(17)14-6-8/h2-4,8H,5-6H2,1H3,(H,14,17)(H,18,19). The molecule has 1 atom stereocenters. The number of fused-ring (bicyclic) bond motifs is 1. The van der Waals surface area contributed by atoms with Gasteiger partial charge in [0, 0.05) is 13.0 Å². The third kappa shape index (κ3) is 1.76. The van der Waals surface area contributed by atoms with Gasteiger partial charge in [0.05, 0.1) is 22.6 Å². The lowest BCUT2D eigenvalue weighted by atomic mass is 10.1. The number of aryl methyl sites for hydroxylation is 1. The second-order valence-corrected chi connectivity index (χ2v) is 4.67. The lowest BCUT2D eigenvalue weighted by molar-refractivity contribution is -0.119. The van der Waals surface area contributed by atoms with E-state index in [4.69, 9.17) is 0 Å². The number of hydrogen-bond acceptors (Lipinski definition) is 3. The van der Waals surface area contributed by atoms with Crippen LogP contribution in [0.4, 0.5) is 0 Å². The molecule has 1 fully saturated rings. The highest BCUT2D eigenvalue weighted by atomic mass is 16.4. The van der Waals surface area contributed by atoms with Crippen LogP contribution in [0.5, 0.6) is 0 Å². The molecule has 2 N–H and O–H groups in total. The molecule has 0 bridgehead atoms. The van der Waals surface area contributed by atoms with Crippen LogP contribution >= 0.6 is 0 Å². The van der Waals surface area contributed by atoms with E-state index in [1.165, 1.54) is 0 Å². The first-order chi connectivity index (χ1) is 9.08. The van der Waals surface area contributed by atoms with Crippen molar-refractivity contribution >= 4 is 22.9 Å². The fourth-order valence-electron chi connectivity index (χ4n) is 2.66. The molecule has 0 spiro atoms. The first kappa shape index (κ1) is 11.7. The number of aromatic carboxylic acids is 1. The molecule has 6 nitrogen and oxygen atoms in total. The largest absolute Gasteiger partial charge is 0.478 e. The summed E-state index contributed by atoms with van der Waals surface area (Å²) in [4.78, 5) is 27.1. The fraction of sp³-hybridized carbons (Fsp3) is 0.308. The van der Waals surface area contributed by atoms with Crippen molar-refractivity contribution in [2.45, 2.75) is 19.4 Å². The van der Waals surface area contributed by atoms with E-state index in [1.54, 1.807) is 18.2 Å². The van der Waals surface area contributed by atoms with Gasteiger partial charge in [0.25, 0.3) is 0 Å². The quantitative estimate of drug-likeness (QED) is 0.846. The topological polar surface area (TPSA) is 84.2 Å². The molecule has 0 aliphatic carbocycles. The van der Waals surface area contributed by atoms with Crippen LogP contribution in [0, 0.1) is 6.92 Å². The Morgan fingerprint density at radius 2 is 2.32 bits per heavy atom. The summed E-state index contributed by atoms with van der Waals surface area (Å²) in [5, 5.41) is 12.1.